The molecular weight excluding hydrogens is 192 g/mol. The van der Waals surface area contributed by atoms with Gasteiger partial charge in [0, 0.05) is 12.1 Å². The number of carbonyl (C=O) groups is 1. The van der Waals surface area contributed by atoms with Crippen molar-refractivity contribution in [2.75, 3.05) is 0 Å². The Hall–Kier alpha value is -1.16. The highest BCUT2D eigenvalue weighted by Crippen LogP contribution is 2.15. The first-order valence-electron chi connectivity index (χ1n) is 3.78. The smallest absolute Gasteiger partial charge is 0.340 e. The molecule has 1 aromatic heterocycles. The maximum absolute atomic E-state index is 10.5. The first kappa shape index (κ1) is 9.92. The van der Waals surface area contributed by atoms with Crippen molar-refractivity contribution >= 4 is 17.6 Å². The van der Waals surface area contributed by atoms with Crippen molar-refractivity contribution < 1.29 is 9.90 Å². The quantitative estimate of drug-likeness (QED) is 0.742. The van der Waals surface area contributed by atoms with Crippen LogP contribution < -0.4 is 0 Å². The van der Waals surface area contributed by atoms with Gasteiger partial charge in [-0.2, -0.15) is 0 Å². The molecule has 1 heterocycles. The summed E-state index contributed by atoms with van der Waals surface area (Å²) in [5.74, 6) is -0.421. The van der Waals surface area contributed by atoms with Gasteiger partial charge < -0.3 is 5.11 Å². The molecule has 5 heteroatoms. The SMILES string of the molecule is CC(C)c1ncc(C(=O)O)c(Cl)n1. The zero-order valence-electron chi connectivity index (χ0n) is 7.28. The van der Waals surface area contributed by atoms with Crippen LogP contribution in [0.3, 0.4) is 0 Å². The summed E-state index contributed by atoms with van der Waals surface area (Å²) in [6.45, 7) is 3.82. The van der Waals surface area contributed by atoms with Gasteiger partial charge in [0.15, 0.2) is 0 Å². The average molecular weight is 201 g/mol. The molecule has 0 fully saturated rings. The van der Waals surface area contributed by atoms with E-state index >= 15 is 0 Å². The van der Waals surface area contributed by atoms with Gasteiger partial charge in [-0.25, -0.2) is 14.8 Å². The number of aromatic nitrogens is 2. The molecule has 1 rings (SSSR count). The topological polar surface area (TPSA) is 63.1 Å². The van der Waals surface area contributed by atoms with E-state index in [0.717, 1.165) is 0 Å². The summed E-state index contributed by atoms with van der Waals surface area (Å²) < 4.78 is 0. The minimum Gasteiger partial charge on any atom is -0.478 e. The molecule has 0 unspecified atom stereocenters. The Morgan fingerprint density at radius 1 is 1.62 bits per heavy atom. The van der Waals surface area contributed by atoms with Gasteiger partial charge in [-0.05, 0) is 0 Å². The third-order valence-corrected chi connectivity index (χ3v) is 1.80. The van der Waals surface area contributed by atoms with Gasteiger partial charge in [-0.1, -0.05) is 25.4 Å². The molecule has 0 spiro atoms. The fourth-order valence-corrected chi connectivity index (χ4v) is 1.01. The average Bonchev–Trinajstić information content (AvgIpc) is 2.03. The standard InChI is InChI=1S/C8H9ClN2O2/c1-4(2)7-10-3-5(8(12)13)6(9)11-7/h3-4H,1-2H3,(H,12,13). The molecule has 0 aliphatic carbocycles. The summed E-state index contributed by atoms with van der Waals surface area (Å²) in [7, 11) is 0. The second-order valence-electron chi connectivity index (χ2n) is 2.89. The largest absolute Gasteiger partial charge is 0.478 e. The van der Waals surface area contributed by atoms with Gasteiger partial charge in [-0.3, -0.25) is 0 Å². The summed E-state index contributed by atoms with van der Waals surface area (Å²) in [5, 5.41) is 8.62. The molecule has 1 aromatic rings. The Morgan fingerprint density at radius 3 is 2.62 bits per heavy atom. The lowest BCUT2D eigenvalue weighted by Gasteiger charge is -2.04. The summed E-state index contributed by atoms with van der Waals surface area (Å²) >= 11 is 5.64. The van der Waals surface area contributed by atoms with Crippen LogP contribution in [0.15, 0.2) is 6.20 Å². The van der Waals surface area contributed by atoms with Crippen LogP contribution >= 0.6 is 11.6 Å². The van der Waals surface area contributed by atoms with E-state index in [4.69, 9.17) is 16.7 Å². The zero-order valence-corrected chi connectivity index (χ0v) is 8.04. The van der Waals surface area contributed by atoms with Crippen molar-refractivity contribution in [1.82, 2.24) is 9.97 Å². The minimum absolute atomic E-state index is 0.00815. The number of hydrogen-bond acceptors (Lipinski definition) is 3. The fraction of sp³-hybridized carbons (Fsp3) is 0.375. The lowest BCUT2D eigenvalue weighted by Crippen LogP contribution is -2.04. The van der Waals surface area contributed by atoms with Crippen LogP contribution in [0.2, 0.25) is 5.15 Å². The summed E-state index contributed by atoms with van der Waals surface area (Å²) in [6.07, 6.45) is 1.23. The number of hydrogen-bond donors (Lipinski definition) is 1. The summed E-state index contributed by atoms with van der Waals surface area (Å²) in [5.41, 5.74) is -0.0638. The number of carboxylic acid groups (broad SMARTS) is 1. The molecule has 70 valence electrons. The van der Waals surface area contributed by atoms with E-state index in [1.54, 1.807) is 0 Å². The van der Waals surface area contributed by atoms with E-state index in [0.29, 0.717) is 5.82 Å². The van der Waals surface area contributed by atoms with Gasteiger partial charge in [0.1, 0.15) is 16.5 Å². The predicted octanol–water partition coefficient (Wildman–Crippen LogP) is 1.95. The van der Waals surface area contributed by atoms with Crippen molar-refractivity contribution in [2.24, 2.45) is 0 Å². The van der Waals surface area contributed by atoms with E-state index in [2.05, 4.69) is 9.97 Å². The zero-order chi connectivity index (χ0) is 10.0. The Morgan fingerprint density at radius 2 is 2.23 bits per heavy atom. The molecule has 0 amide bonds. The van der Waals surface area contributed by atoms with Crippen molar-refractivity contribution in [2.45, 2.75) is 19.8 Å². The molecule has 0 radical (unpaired) electrons. The Bertz CT molecular complexity index is 339. The summed E-state index contributed by atoms with van der Waals surface area (Å²) in [6, 6.07) is 0. The van der Waals surface area contributed by atoms with Gasteiger partial charge in [0.05, 0.1) is 0 Å². The van der Waals surface area contributed by atoms with Gasteiger partial charge in [-0.15, -0.1) is 0 Å². The lowest BCUT2D eigenvalue weighted by molar-refractivity contribution is 0.0696. The molecule has 1 N–H and O–H groups in total. The number of nitrogens with zero attached hydrogens (tertiary/aromatic N) is 2. The Labute approximate surface area is 80.6 Å². The maximum Gasteiger partial charge on any atom is 0.340 e. The molecule has 0 bridgehead atoms. The highest BCUT2D eigenvalue weighted by molar-refractivity contribution is 6.32. The summed E-state index contributed by atoms with van der Waals surface area (Å²) in [4.78, 5) is 18.3. The van der Waals surface area contributed by atoms with E-state index in [-0.39, 0.29) is 16.6 Å². The number of aromatic carboxylic acids is 1. The molecule has 0 aromatic carbocycles. The van der Waals surface area contributed by atoms with Crippen molar-refractivity contribution in [3.8, 4) is 0 Å². The van der Waals surface area contributed by atoms with Crippen LogP contribution in [0, 0.1) is 0 Å². The van der Waals surface area contributed by atoms with Gasteiger partial charge >= 0.3 is 5.97 Å². The molecule has 0 aliphatic rings. The van der Waals surface area contributed by atoms with Gasteiger partial charge in [0.25, 0.3) is 0 Å². The van der Waals surface area contributed by atoms with Crippen LogP contribution in [0.4, 0.5) is 0 Å². The second kappa shape index (κ2) is 3.70. The molecule has 0 saturated heterocycles. The highest BCUT2D eigenvalue weighted by atomic mass is 35.5. The highest BCUT2D eigenvalue weighted by Gasteiger charge is 2.12. The normalized spacial score (nSPS) is 10.5. The third-order valence-electron chi connectivity index (χ3n) is 1.51. The lowest BCUT2D eigenvalue weighted by atomic mass is 10.2. The predicted molar refractivity (Wildman–Crippen MR) is 48.1 cm³/mol. The molecule has 4 nitrogen and oxygen atoms in total. The van der Waals surface area contributed by atoms with Crippen LogP contribution in [-0.4, -0.2) is 21.0 Å². The monoisotopic (exact) mass is 200 g/mol. The fourth-order valence-electron chi connectivity index (χ4n) is 0.795. The maximum atomic E-state index is 10.5. The van der Waals surface area contributed by atoms with Crippen molar-refractivity contribution in [1.29, 1.82) is 0 Å². The minimum atomic E-state index is -1.11. The van der Waals surface area contributed by atoms with Crippen molar-refractivity contribution in [3.63, 3.8) is 0 Å². The van der Waals surface area contributed by atoms with E-state index in [1.807, 2.05) is 13.8 Å². The molecule has 0 aliphatic heterocycles. The van der Waals surface area contributed by atoms with Crippen molar-refractivity contribution in [3.05, 3.63) is 22.7 Å². The van der Waals surface area contributed by atoms with Crippen LogP contribution in [0.1, 0.15) is 35.9 Å². The Kier molecular flexibility index (Phi) is 2.83. The third kappa shape index (κ3) is 2.15. The number of halogens is 1. The van der Waals surface area contributed by atoms with Gasteiger partial charge in [0.2, 0.25) is 0 Å². The number of carboxylic acids is 1. The molecule has 0 atom stereocenters. The van der Waals surface area contributed by atoms with Crippen LogP contribution in [-0.2, 0) is 0 Å². The molecular formula is C8H9ClN2O2. The van der Waals surface area contributed by atoms with E-state index in [1.165, 1.54) is 6.20 Å². The first-order valence-corrected chi connectivity index (χ1v) is 4.16. The van der Waals surface area contributed by atoms with Crippen LogP contribution in [0.25, 0.3) is 0 Å². The molecule has 0 saturated carbocycles. The first-order chi connectivity index (χ1) is 6.02. The Balaban J connectivity index is 3.13. The number of rotatable bonds is 2. The second-order valence-corrected chi connectivity index (χ2v) is 3.25. The van der Waals surface area contributed by atoms with Crippen LogP contribution in [0.5, 0.6) is 0 Å². The molecule has 13 heavy (non-hydrogen) atoms. The van der Waals surface area contributed by atoms with E-state index in [9.17, 15) is 4.79 Å². The van der Waals surface area contributed by atoms with E-state index < -0.39 is 5.97 Å².